The van der Waals surface area contributed by atoms with Crippen molar-refractivity contribution >= 4 is 17.5 Å². The minimum atomic E-state index is 0.0806. The Labute approximate surface area is 113 Å². The molecule has 0 saturated carbocycles. The molecule has 1 heterocycles. The molecule has 0 atom stereocenters. The minimum absolute atomic E-state index is 0.0806. The Kier molecular flexibility index (Phi) is 6.68. The summed E-state index contributed by atoms with van der Waals surface area (Å²) in [6.07, 6.45) is 3.81. The highest BCUT2D eigenvalue weighted by molar-refractivity contribution is 6.31. The molecule has 18 heavy (non-hydrogen) atoms. The number of pyridine rings is 1. The molecule has 0 aliphatic rings. The Balaban J connectivity index is 2.15. The van der Waals surface area contributed by atoms with E-state index in [4.69, 9.17) is 11.6 Å². The molecule has 1 amide bonds. The quantitative estimate of drug-likeness (QED) is 0.745. The zero-order chi connectivity index (χ0) is 13.4. The molecular weight excluding hydrogens is 250 g/mol. The van der Waals surface area contributed by atoms with E-state index in [2.05, 4.69) is 29.5 Å². The molecule has 0 aliphatic carbocycles. The van der Waals surface area contributed by atoms with Crippen LogP contribution in [0.4, 0.5) is 0 Å². The predicted octanol–water partition coefficient (Wildman–Crippen LogP) is 1.99. The smallest absolute Gasteiger partial charge is 0.221 e. The number of hydrogen-bond donors (Lipinski definition) is 2. The van der Waals surface area contributed by atoms with Crippen molar-refractivity contribution < 1.29 is 4.79 Å². The second-order valence-corrected chi connectivity index (χ2v) is 5.00. The summed E-state index contributed by atoms with van der Waals surface area (Å²) in [4.78, 5) is 15.4. The maximum atomic E-state index is 11.4. The first-order valence-corrected chi connectivity index (χ1v) is 6.53. The van der Waals surface area contributed by atoms with Gasteiger partial charge in [0, 0.05) is 38.4 Å². The summed E-state index contributed by atoms with van der Waals surface area (Å²) >= 11 is 5.97. The number of halogens is 1. The maximum absolute atomic E-state index is 11.4. The number of rotatable bonds is 7. The molecule has 0 unspecified atom stereocenters. The van der Waals surface area contributed by atoms with Gasteiger partial charge in [0.1, 0.15) is 0 Å². The van der Waals surface area contributed by atoms with Crippen LogP contribution in [0.3, 0.4) is 0 Å². The van der Waals surface area contributed by atoms with E-state index in [0.717, 1.165) is 12.1 Å². The number of nitrogens with one attached hydrogen (secondary N) is 2. The molecule has 1 aromatic rings. The lowest BCUT2D eigenvalue weighted by Gasteiger charge is -2.08. The molecule has 100 valence electrons. The standard InChI is InChI=1S/C13H20ClN3O/c1-10(2)7-17-13(18)4-6-15-8-11-3-5-16-9-12(11)14/h3,5,9-10,15H,4,6-8H2,1-2H3,(H,17,18). The third-order valence-electron chi connectivity index (χ3n) is 2.41. The molecule has 0 radical (unpaired) electrons. The van der Waals surface area contributed by atoms with Crippen LogP contribution in [-0.4, -0.2) is 24.0 Å². The van der Waals surface area contributed by atoms with Crippen molar-refractivity contribution in [3.63, 3.8) is 0 Å². The maximum Gasteiger partial charge on any atom is 0.221 e. The normalized spacial score (nSPS) is 10.7. The fraction of sp³-hybridized carbons (Fsp3) is 0.538. The van der Waals surface area contributed by atoms with Gasteiger partial charge in [-0.3, -0.25) is 9.78 Å². The van der Waals surface area contributed by atoms with Crippen molar-refractivity contribution in [1.82, 2.24) is 15.6 Å². The second kappa shape index (κ2) is 8.06. The molecule has 1 aromatic heterocycles. The van der Waals surface area contributed by atoms with Gasteiger partial charge in [-0.1, -0.05) is 25.4 Å². The summed E-state index contributed by atoms with van der Waals surface area (Å²) in [6, 6.07) is 1.87. The highest BCUT2D eigenvalue weighted by atomic mass is 35.5. The monoisotopic (exact) mass is 269 g/mol. The summed E-state index contributed by atoms with van der Waals surface area (Å²) in [5.41, 5.74) is 0.995. The first-order valence-electron chi connectivity index (χ1n) is 6.15. The van der Waals surface area contributed by atoms with E-state index < -0.39 is 0 Å². The first kappa shape index (κ1) is 14.9. The number of carbonyl (C=O) groups is 1. The minimum Gasteiger partial charge on any atom is -0.356 e. The lowest BCUT2D eigenvalue weighted by atomic mass is 10.2. The van der Waals surface area contributed by atoms with Crippen LogP contribution >= 0.6 is 11.6 Å². The van der Waals surface area contributed by atoms with Crippen molar-refractivity contribution in [3.8, 4) is 0 Å². The van der Waals surface area contributed by atoms with Gasteiger partial charge in [0.15, 0.2) is 0 Å². The van der Waals surface area contributed by atoms with Crippen LogP contribution in [0.5, 0.6) is 0 Å². The van der Waals surface area contributed by atoms with Crippen LogP contribution in [0.25, 0.3) is 0 Å². The topological polar surface area (TPSA) is 54.0 Å². The molecule has 0 aliphatic heterocycles. The van der Waals surface area contributed by atoms with E-state index in [1.807, 2.05) is 6.07 Å². The fourth-order valence-electron chi connectivity index (χ4n) is 1.38. The Morgan fingerprint density at radius 1 is 1.50 bits per heavy atom. The van der Waals surface area contributed by atoms with Crippen LogP contribution in [0, 0.1) is 5.92 Å². The summed E-state index contributed by atoms with van der Waals surface area (Å²) < 4.78 is 0. The Morgan fingerprint density at radius 2 is 2.28 bits per heavy atom. The zero-order valence-corrected chi connectivity index (χ0v) is 11.6. The summed E-state index contributed by atoms with van der Waals surface area (Å²) in [7, 11) is 0. The highest BCUT2D eigenvalue weighted by Gasteiger charge is 2.03. The highest BCUT2D eigenvalue weighted by Crippen LogP contribution is 2.12. The van der Waals surface area contributed by atoms with Gasteiger partial charge in [-0.15, -0.1) is 0 Å². The molecule has 0 fully saturated rings. The van der Waals surface area contributed by atoms with Crippen molar-refractivity contribution in [3.05, 3.63) is 29.0 Å². The van der Waals surface area contributed by atoms with Crippen LogP contribution < -0.4 is 10.6 Å². The number of amides is 1. The van der Waals surface area contributed by atoms with Crippen molar-refractivity contribution in [1.29, 1.82) is 0 Å². The van der Waals surface area contributed by atoms with Gasteiger partial charge in [0.2, 0.25) is 5.91 Å². The molecule has 2 N–H and O–H groups in total. The molecule has 0 bridgehead atoms. The van der Waals surface area contributed by atoms with Gasteiger partial charge < -0.3 is 10.6 Å². The predicted molar refractivity (Wildman–Crippen MR) is 73.4 cm³/mol. The van der Waals surface area contributed by atoms with Crippen molar-refractivity contribution in [2.75, 3.05) is 13.1 Å². The second-order valence-electron chi connectivity index (χ2n) is 4.59. The molecule has 0 spiro atoms. The molecule has 1 rings (SSSR count). The van der Waals surface area contributed by atoms with E-state index in [0.29, 0.717) is 30.5 Å². The molecular formula is C13H20ClN3O. The average Bonchev–Trinajstić information content (AvgIpc) is 2.34. The Bertz CT molecular complexity index is 382. The van der Waals surface area contributed by atoms with Gasteiger partial charge in [-0.25, -0.2) is 0 Å². The fourth-order valence-corrected chi connectivity index (χ4v) is 1.56. The number of nitrogens with zero attached hydrogens (tertiary/aromatic N) is 1. The Morgan fingerprint density at radius 3 is 2.94 bits per heavy atom. The van der Waals surface area contributed by atoms with Gasteiger partial charge in [-0.2, -0.15) is 0 Å². The van der Waals surface area contributed by atoms with Crippen molar-refractivity contribution in [2.24, 2.45) is 5.92 Å². The SMILES string of the molecule is CC(C)CNC(=O)CCNCc1ccncc1Cl. The molecule has 0 saturated heterocycles. The third-order valence-corrected chi connectivity index (χ3v) is 2.75. The number of carbonyl (C=O) groups excluding carboxylic acids is 1. The molecule has 5 heteroatoms. The zero-order valence-electron chi connectivity index (χ0n) is 10.9. The van der Waals surface area contributed by atoms with Crippen LogP contribution in [0.15, 0.2) is 18.5 Å². The van der Waals surface area contributed by atoms with Crippen molar-refractivity contribution in [2.45, 2.75) is 26.8 Å². The van der Waals surface area contributed by atoms with E-state index in [9.17, 15) is 4.79 Å². The number of aromatic nitrogens is 1. The van der Waals surface area contributed by atoms with Gasteiger partial charge in [-0.05, 0) is 17.5 Å². The molecule has 0 aromatic carbocycles. The Hall–Kier alpha value is -1.13. The number of hydrogen-bond acceptors (Lipinski definition) is 3. The molecule has 4 nitrogen and oxygen atoms in total. The van der Waals surface area contributed by atoms with E-state index >= 15 is 0 Å². The van der Waals surface area contributed by atoms with E-state index in [1.54, 1.807) is 12.4 Å². The average molecular weight is 270 g/mol. The summed E-state index contributed by atoms with van der Waals surface area (Å²) in [6.45, 7) is 6.17. The van der Waals surface area contributed by atoms with Crippen LogP contribution in [-0.2, 0) is 11.3 Å². The van der Waals surface area contributed by atoms with Crippen LogP contribution in [0.2, 0.25) is 5.02 Å². The van der Waals surface area contributed by atoms with Crippen LogP contribution in [0.1, 0.15) is 25.8 Å². The lowest BCUT2D eigenvalue weighted by Crippen LogP contribution is -2.30. The third kappa shape index (κ3) is 5.98. The van der Waals surface area contributed by atoms with Gasteiger partial charge in [0.25, 0.3) is 0 Å². The largest absolute Gasteiger partial charge is 0.356 e. The van der Waals surface area contributed by atoms with Gasteiger partial charge >= 0.3 is 0 Å². The summed E-state index contributed by atoms with van der Waals surface area (Å²) in [5, 5.41) is 6.71. The van der Waals surface area contributed by atoms with E-state index in [-0.39, 0.29) is 5.91 Å². The van der Waals surface area contributed by atoms with E-state index in [1.165, 1.54) is 0 Å². The summed E-state index contributed by atoms with van der Waals surface area (Å²) in [5.74, 6) is 0.564. The lowest BCUT2D eigenvalue weighted by molar-refractivity contribution is -0.121. The van der Waals surface area contributed by atoms with Gasteiger partial charge in [0.05, 0.1) is 5.02 Å². The first-order chi connectivity index (χ1) is 8.59.